The van der Waals surface area contributed by atoms with Gasteiger partial charge in [-0.15, -0.1) is 0 Å². The Labute approximate surface area is 141 Å². The molecule has 3 rings (SSSR count). The molecular weight excluding hydrogens is 314 g/mol. The first-order valence-electron chi connectivity index (χ1n) is 8.18. The summed E-state index contributed by atoms with van der Waals surface area (Å²) in [6.45, 7) is 2.55. The van der Waals surface area contributed by atoms with Crippen molar-refractivity contribution in [2.24, 2.45) is 5.92 Å². The van der Waals surface area contributed by atoms with Crippen LogP contribution in [0.15, 0.2) is 24.3 Å². The molecule has 0 aromatic heterocycles. The van der Waals surface area contributed by atoms with Crippen molar-refractivity contribution >= 4 is 29.1 Å². The fourth-order valence-electron chi connectivity index (χ4n) is 3.30. The van der Waals surface area contributed by atoms with E-state index in [0.717, 1.165) is 25.9 Å². The van der Waals surface area contributed by atoms with E-state index in [1.54, 1.807) is 11.0 Å². The number of hydrogen-bond acceptors (Lipinski definition) is 3. The predicted molar refractivity (Wildman–Crippen MR) is 90.6 cm³/mol. The molecule has 5 nitrogen and oxygen atoms in total. The maximum absolute atomic E-state index is 12.2. The summed E-state index contributed by atoms with van der Waals surface area (Å²) >= 11 is 6.16. The van der Waals surface area contributed by atoms with Crippen molar-refractivity contribution < 1.29 is 9.59 Å². The predicted octanol–water partition coefficient (Wildman–Crippen LogP) is 1.95. The first-order valence-corrected chi connectivity index (χ1v) is 8.56. The smallest absolute Gasteiger partial charge is 0.229 e. The number of carbonyl (C=O) groups excluding carboxylic acids is 2. The topological polar surface area (TPSA) is 61.4 Å². The van der Waals surface area contributed by atoms with E-state index in [1.807, 2.05) is 18.2 Å². The van der Waals surface area contributed by atoms with Crippen molar-refractivity contribution in [2.45, 2.75) is 31.7 Å². The molecule has 23 heavy (non-hydrogen) atoms. The molecule has 2 amide bonds. The van der Waals surface area contributed by atoms with Gasteiger partial charge in [0.1, 0.15) is 0 Å². The third kappa shape index (κ3) is 4.03. The van der Waals surface area contributed by atoms with Gasteiger partial charge in [-0.25, -0.2) is 0 Å². The van der Waals surface area contributed by atoms with E-state index in [4.69, 9.17) is 11.6 Å². The summed E-state index contributed by atoms with van der Waals surface area (Å²) in [6, 6.07) is 7.16. The van der Waals surface area contributed by atoms with Crippen LogP contribution in [0.25, 0.3) is 0 Å². The second kappa shape index (κ2) is 7.32. The highest BCUT2D eigenvalue weighted by atomic mass is 35.5. The molecule has 2 aliphatic heterocycles. The fraction of sp³-hybridized carbons (Fsp3) is 0.529. The summed E-state index contributed by atoms with van der Waals surface area (Å²) in [4.78, 5) is 25.9. The molecule has 2 atom stereocenters. The standard InChI is InChI=1S/C17H22ClN3O2/c18-14-3-1-2-4-15(14)21-11-13(9-17(21)23)20-16(22)6-5-12-7-8-19-10-12/h1-4,12-13,19H,5-11H2,(H,20,22). The van der Waals surface area contributed by atoms with Crippen molar-refractivity contribution in [3.63, 3.8) is 0 Å². The number of carbonyl (C=O) groups is 2. The Bertz CT molecular complexity index is 587. The van der Waals surface area contributed by atoms with Crippen LogP contribution in [-0.4, -0.2) is 37.5 Å². The van der Waals surface area contributed by atoms with Gasteiger partial charge in [-0.1, -0.05) is 23.7 Å². The molecular formula is C17H22ClN3O2. The monoisotopic (exact) mass is 335 g/mol. The van der Waals surface area contributed by atoms with Gasteiger partial charge in [-0.2, -0.15) is 0 Å². The molecule has 124 valence electrons. The zero-order valence-corrected chi connectivity index (χ0v) is 13.8. The lowest BCUT2D eigenvalue weighted by atomic mass is 10.0. The number of nitrogens with one attached hydrogen (secondary N) is 2. The average molecular weight is 336 g/mol. The maximum atomic E-state index is 12.2. The highest BCUT2D eigenvalue weighted by Gasteiger charge is 2.32. The van der Waals surface area contributed by atoms with Gasteiger partial charge < -0.3 is 15.5 Å². The second-order valence-electron chi connectivity index (χ2n) is 6.32. The number of anilines is 1. The van der Waals surface area contributed by atoms with Crippen molar-refractivity contribution in [3.05, 3.63) is 29.3 Å². The van der Waals surface area contributed by atoms with Gasteiger partial charge in [0, 0.05) is 19.4 Å². The number of nitrogens with zero attached hydrogens (tertiary/aromatic N) is 1. The van der Waals surface area contributed by atoms with Gasteiger partial charge in [0.15, 0.2) is 0 Å². The van der Waals surface area contributed by atoms with E-state index in [1.165, 1.54) is 0 Å². The van der Waals surface area contributed by atoms with Crippen molar-refractivity contribution in [1.82, 2.24) is 10.6 Å². The van der Waals surface area contributed by atoms with Crippen LogP contribution in [0, 0.1) is 5.92 Å². The zero-order chi connectivity index (χ0) is 16.2. The highest BCUT2D eigenvalue weighted by Crippen LogP contribution is 2.29. The van der Waals surface area contributed by atoms with Crippen LogP contribution >= 0.6 is 11.6 Å². The first kappa shape index (κ1) is 16.3. The van der Waals surface area contributed by atoms with Gasteiger partial charge in [0.2, 0.25) is 11.8 Å². The van der Waals surface area contributed by atoms with Crippen LogP contribution in [-0.2, 0) is 9.59 Å². The SMILES string of the molecule is O=C(CCC1CCNC1)NC1CC(=O)N(c2ccccc2Cl)C1. The molecule has 2 aliphatic rings. The summed E-state index contributed by atoms with van der Waals surface area (Å²) in [7, 11) is 0. The Morgan fingerprint density at radius 3 is 2.96 bits per heavy atom. The van der Waals surface area contributed by atoms with E-state index < -0.39 is 0 Å². The lowest BCUT2D eigenvalue weighted by molar-refractivity contribution is -0.122. The minimum absolute atomic E-state index is 0.00314. The summed E-state index contributed by atoms with van der Waals surface area (Å²) < 4.78 is 0. The summed E-state index contributed by atoms with van der Waals surface area (Å²) in [5.74, 6) is 0.643. The van der Waals surface area contributed by atoms with Gasteiger partial charge in [-0.05, 0) is 44.0 Å². The molecule has 0 saturated carbocycles. The Balaban J connectivity index is 1.51. The van der Waals surface area contributed by atoms with Crippen LogP contribution < -0.4 is 15.5 Å². The number of para-hydroxylation sites is 1. The van der Waals surface area contributed by atoms with Gasteiger partial charge in [0.05, 0.1) is 16.8 Å². The van der Waals surface area contributed by atoms with E-state index in [9.17, 15) is 9.59 Å². The molecule has 0 radical (unpaired) electrons. The maximum Gasteiger partial charge on any atom is 0.229 e. The highest BCUT2D eigenvalue weighted by molar-refractivity contribution is 6.33. The van der Waals surface area contributed by atoms with E-state index >= 15 is 0 Å². The Morgan fingerprint density at radius 2 is 2.22 bits per heavy atom. The normalized spacial score (nSPS) is 24.2. The van der Waals surface area contributed by atoms with Crippen LogP contribution in [0.5, 0.6) is 0 Å². The number of benzene rings is 1. The number of rotatable bonds is 5. The third-order valence-corrected chi connectivity index (χ3v) is 4.90. The molecule has 1 aromatic carbocycles. The molecule has 0 spiro atoms. The summed E-state index contributed by atoms with van der Waals surface area (Å²) in [5, 5.41) is 6.85. The Morgan fingerprint density at radius 1 is 1.39 bits per heavy atom. The number of hydrogen-bond donors (Lipinski definition) is 2. The van der Waals surface area contributed by atoms with Crippen molar-refractivity contribution in [1.29, 1.82) is 0 Å². The molecule has 2 unspecified atom stereocenters. The van der Waals surface area contributed by atoms with E-state index in [-0.39, 0.29) is 17.9 Å². The van der Waals surface area contributed by atoms with Crippen LogP contribution in [0.2, 0.25) is 5.02 Å². The molecule has 2 N–H and O–H groups in total. The number of halogens is 1. The first-order chi connectivity index (χ1) is 11.1. The van der Waals surface area contributed by atoms with E-state index in [0.29, 0.717) is 36.0 Å². The molecule has 6 heteroatoms. The van der Waals surface area contributed by atoms with Crippen molar-refractivity contribution in [2.75, 3.05) is 24.5 Å². The lowest BCUT2D eigenvalue weighted by Crippen LogP contribution is -2.37. The van der Waals surface area contributed by atoms with Gasteiger partial charge in [0.25, 0.3) is 0 Å². The lowest BCUT2D eigenvalue weighted by Gasteiger charge is -2.18. The largest absolute Gasteiger partial charge is 0.351 e. The zero-order valence-electron chi connectivity index (χ0n) is 13.1. The summed E-state index contributed by atoms with van der Waals surface area (Å²) in [6.07, 6.45) is 2.92. The van der Waals surface area contributed by atoms with Gasteiger partial charge >= 0.3 is 0 Å². The second-order valence-corrected chi connectivity index (χ2v) is 6.73. The molecule has 0 bridgehead atoms. The molecule has 2 fully saturated rings. The Kier molecular flexibility index (Phi) is 5.18. The van der Waals surface area contributed by atoms with E-state index in [2.05, 4.69) is 10.6 Å². The number of amides is 2. The average Bonchev–Trinajstić information content (AvgIpc) is 3.16. The molecule has 2 saturated heterocycles. The minimum Gasteiger partial charge on any atom is -0.351 e. The molecule has 0 aliphatic carbocycles. The third-order valence-electron chi connectivity index (χ3n) is 4.58. The quantitative estimate of drug-likeness (QED) is 0.864. The minimum atomic E-state index is -0.132. The molecule has 1 aromatic rings. The van der Waals surface area contributed by atoms with Crippen molar-refractivity contribution in [3.8, 4) is 0 Å². The van der Waals surface area contributed by atoms with Crippen LogP contribution in [0.1, 0.15) is 25.7 Å². The van der Waals surface area contributed by atoms with Crippen LogP contribution in [0.4, 0.5) is 5.69 Å². The van der Waals surface area contributed by atoms with Gasteiger partial charge in [-0.3, -0.25) is 9.59 Å². The Hall–Kier alpha value is -1.59. The summed E-state index contributed by atoms with van der Waals surface area (Å²) in [5.41, 5.74) is 0.716. The fourth-order valence-corrected chi connectivity index (χ4v) is 3.54. The molecule has 2 heterocycles. The van der Waals surface area contributed by atoms with Crippen LogP contribution in [0.3, 0.4) is 0 Å².